The maximum absolute atomic E-state index is 12.4. The smallest absolute Gasteiger partial charge is 0.324 e. The van der Waals surface area contributed by atoms with Crippen LogP contribution >= 0.6 is 0 Å². The summed E-state index contributed by atoms with van der Waals surface area (Å²) < 4.78 is 32.2. The molecule has 0 spiro atoms. The molecule has 0 saturated carbocycles. The molecule has 0 radical (unpaired) electrons. The molecular formula is C11H23N3O4S. The second kappa shape index (κ2) is 7.18. The van der Waals surface area contributed by atoms with Crippen molar-refractivity contribution in [3.05, 3.63) is 0 Å². The molecule has 0 aromatic heterocycles. The maximum atomic E-state index is 12.4. The van der Waals surface area contributed by atoms with E-state index in [1.807, 2.05) is 0 Å². The lowest BCUT2D eigenvalue weighted by Crippen LogP contribution is -2.48. The van der Waals surface area contributed by atoms with Crippen LogP contribution in [0.1, 0.15) is 19.8 Å². The molecule has 7 nitrogen and oxygen atoms in total. The monoisotopic (exact) mass is 293 g/mol. The number of ether oxygens (including phenoxy) is 1. The fraction of sp³-hybridized carbons (Fsp3) is 0.909. The third-order valence-corrected chi connectivity index (χ3v) is 5.13. The molecule has 0 bridgehead atoms. The number of hydrogen-bond acceptors (Lipinski definition) is 5. The number of carbonyl (C=O) groups excluding carboxylic acids is 1. The zero-order valence-corrected chi connectivity index (χ0v) is 12.6. The van der Waals surface area contributed by atoms with Crippen molar-refractivity contribution >= 4 is 16.2 Å². The summed E-state index contributed by atoms with van der Waals surface area (Å²) in [4.78, 5) is 11.8. The molecule has 1 saturated heterocycles. The van der Waals surface area contributed by atoms with E-state index in [0.717, 1.165) is 0 Å². The topological polar surface area (TPSA) is 79.0 Å². The molecule has 0 aromatic rings. The number of nitrogens with zero attached hydrogens (tertiary/aromatic N) is 2. The molecule has 1 heterocycles. The van der Waals surface area contributed by atoms with Gasteiger partial charge < -0.3 is 10.1 Å². The summed E-state index contributed by atoms with van der Waals surface area (Å²) in [5.41, 5.74) is 0. The van der Waals surface area contributed by atoms with Crippen LogP contribution < -0.4 is 5.32 Å². The van der Waals surface area contributed by atoms with E-state index in [4.69, 9.17) is 4.74 Å². The number of likely N-dealkylation sites (N-methyl/N-ethyl adjacent to an activating group) is 2. The summed E-state index contributed by atoms with van der Waals surface area (Å²) in [6.07, 6.45) is 1.21. The van der Waals surface area contributed by atoms with E-state index in [2.05, 4.69) is 5.32 Å². The van der Waals surface area contributed by atoms with Gasteiger partial charge in [-0.25, -0.2) is 0 Å². The van der Waals surface area contributed by atoms with Crippen LogP contribution in [-0.2, 0) is 19.7 Å². The van der Waals surface area contributed by atoms with Gasteiger partial charge in [-0.05, 0) is 26.8 Å². The van der Waals surface area contributed by atoms with Crippen molar-refractivity contribution in [3.8, 4) is 0 Å². The van der Waals surface area contributed by atoms with Gasteiger partial charge in [0.15, 0.2) is 0 Å². The highest BCUT2D eigenvalue weighted by atomic mass is 32.2. The predicted octanol–water partition coefficient (Wildman–Crippen LogP) is -0.590. The molecule has 1 aliphatic rings. The minimum atomic E-state index is -3.60. The van der Waals surface area contributed by atoms with Gasteiger partial charge in [0, 0.05) is 26.7 Å². The van der Waals surface area contributed by atoms with Crippen LogP contribution in [0, 0.1) is 0 Å². The average Bonchev–Trinajstić information content (AvgIpc) is 2.85. The minimum Gasteiger partial charge on any atom is -0.465 e. The summed E-state index contributed by atoms with van der Waals surface area (Å²) in [5.74, 6) is -0.453. The lowest BCUT2D eigenvalue weighted by atomic mass is 10.2. The van der Waals surface area contributed by atoms with Crippen molar-refractivity contribution in [2.75, 3.05) is 40.3 Å². The highest BCUT2D eigenvalue weighted by Crippen LogP contribution is 2.23. The second-order valence-corrected chi connectivity index (χ2v) is 6.44. The summed E-state index contributed by atoms with van der Waals surface area (Å²) >= 11 is 0. The Morgan fingerprint density at radius 3 is 2.79 bits per heavy atom. The van der Waals surface area contributed by atoms with Gasteiger partial charge in [-0.3, -0.25) is 4.79 Å². The van der Waals surface area contributed by atoms with Crippen LogP contribution in [0.25, 0.3) is 0 Å². The normalized spacial score (nSPS) is 20.9. The third kappa shape index (κ3) is 3.88. The van der Waals surface area contributed by atoms with Crippen LogP contribution in [0.3, 0.4) is 0 Å². The first-order valence-corrected chi connectivity index (χ1v) is 7.89. The Hall–Kier alpha value is -0.700. The highest BCUT2D eigenvalue weighted by molar-refractivity contribution is 7.86. The Morgan fingerprint density at radius 1 is 1.53 bits per heavy atom. The van der Waals surface area contributed by atoms with E-state index in [1.165, 1.54) is 15.7 Å². The predicted molar refractivity (Wildman–Crippen MR) is 71.8 cm³/mol. The Morgan fingerprint density at radius 2 is 2.21 bits per heavy atom. The van der Waals surface area contributed by atoms with Crippen molar-refractivity contribution in [2.45, 2.75) is 25.8 Å². The first-order valence-electron chi connectivity index (χ1n) is 6.49. The molecule has 1 unspecified atom stereocenters. The fourth-order valence-corrected chi connectivity index (χ4v) is 3.61. The average molecular weight is 293 g/mol. The van der Waals surface area contributed by atoms with Gasteiger partial charge in [0.1, 0.15) is 6.04 Å². The Labute approximate surface area is 115 Å². The molecule has 1 aliphatic heterocycles. The van der Waals surface area contributed by atoms with E-state index in [-0.39, 0.29) is 6.61 Å². The Kier molecular flexibility index (Phi) is 6.18. The first-order chi connectivity index (χ1) is 8.95. The lowest BCUT2D eigenvalue weighted by molar-refractivity contribution is -0.146. The molecule has 0 aromatic carbocycles. The van der Waals surface area contributed by atoms with Crippen molar-refractivity contribution in [1.29, 1.82) is 0 Å². The zero-order valence-electron chi connectivity index (χ0n) is 11.8. The quantitative estimate of drug-likeness (QED) is 0.635. The molecule has 1 atom stereocenters. The molecule has 19 heavy (non-hydrogen) atoms. The zero-order chi connectivity index (χ0) is 14.5. The molecule has 1 N–H and O–H groups in total. The highest BCUT2D eigenvalue weighted by Gasteiger charge is 2.41. The molecular weight excluding hydrogens is 270 g/mol. The van der Waals surface area contributed by atoms with E-state index in [9.17, 15) is 13.2 Å². The SMILES string of the molecule is CCOC(=O)C1CCCN1S(=O)(=O)N(C)CCNC. The first kappa shape index (κ1) is 16.4. The largest absolute Gasteiger partial charge is 0.465 e. The van der Waals surface area contributed by atoms with Crippen molar-refractivity contribution in [1.82, 2.24) is 13.9 Å². The van der Waals surface area contributed by atoms with E-state index in [0.29, 0.717) is 32.5 Å². The van der Waals surface area contributed by atoms with Crippen LogP contribution in [-0.4, -0.2) is 69.4 Å². The van der Waals surface area contributed by atoms with Gasteiger partial charge in [0.05, 0.1) is 6.61 Å². The Bertz CT molecular complexity index is 399. The van der Waals surface area contributed by atoms with Gasteiger partial charge in [0.25, 0.3) is 10.2 Å². The van der Waals surface area contributed by atoms with Gasteiger partial charge in [-0.2, -0.15) is 17.0 Å². The molecule has 112 valence electrons. The van der Waals surface area contributed by atoms with Crippen LogP contribution in [0.4, 0.5) is 0 Å². The molecule has 0 aliphatic carbocycles. The van der Waals surface area contributed by atoms with Gasteiger partial charge >= 0.3 is 5.97 Å². The van der Waals surface area contributed by atoms with Crippen LogP contribution in [0.2, 0.25) is 0 Å². The summed E-state index contributed by atoms with van der Waals surface area (Å²) in [6.45, 7) is 3.28. The number of hydrogen-bond donors (Lipinski definition) is 1. The molecule has 0 amide bonds. The lowest BCUT2D eigenvalue weighted by Gasteiger charge is -2.27. The molecule has 1 fully saturated rings. The minimum absolute atomic E-state index is 0.263. The van der Waals surface area contributed by atoms with E-state index < -0.39 is 22.2 Å². The van der Waals surface area contributed by atoms with Gasteiger partial charge in [0.2, 0.25) is 0 Å². The number of nitrogens with one attached hydrogen (secondary N) is 1. The number of esters is 1. The van der Waals surface area contributed by atoms with Crippen molar-refractivity contribution in [3.63, 3.8) is 0 Å². The van der Waals surface area contributed by atoms with Crippen LogP contribution in [0.15, 0.2) is 0 Å². The fourth-order valence-electron chi connectivity index (χ4n) is 2.05. The van der Waals surface area contributed by atoms with E-state index >= 15 is 0 Å². The second-order valence-electron chi connectivity index (χ2n) is 4.45. The maximum Gasteiger partial charge on any atom is 0.324 e. The van der Waals surface area contributed by atoms with Crippen LogP contribution in [0.5, 0.6) is 0 Å². The standard InChI is InChI=1S/C11H23N3O4S/c1-4-18-11(15)10-6-5-8-14(10)19(16,17)13(3)9-7-12-2/h10,12H,4-9H2,1-3H3. The van der Waals surface area contributed by atoms with Gasteiger partial charge in [-0.1, -0.05) is 0 Å². The van der Waals surface area contributed by atoms with E-state index in [1.54, 1.807) is 14.0 Å². The van der Waals surface area contributed by atoms with Crippen molar-refractivity contribution in [2.24, 2.45) is 0 Å². The molecule has 1 rings (SSSR count). The number of rotatable bonds is 7. The number of carbonyl (C=O) groups is 1. The third-order valence-electron chi connectivity index (χ3n) is 3.13. The summed E-state index contributed by atoms with van der Waals surface area (Å²) in [6, 6.07) is -0.679. The summed E-state index contributed by atoms with van der Waals surface area (Å²) in [5, 5.41) is 2.90. The van der Waals surface area contributed by atoms with Crippen molar-refractivity contribution < 1.29 is 17.9 Å². The summed E-state index contributed by atoms with van der Waals surface area (Å²) in [7, 11) is -0.315. The molecule has 8 heteroatoms. The van der Waals surface area contributed by atoms with Gasteiger partial charge in [-0.15, -0.1) is 0 Å². The Balaban J connectivity index is 2.78.